The normalized spacial score (nSPS) is 16.4. The highest BCUT2D eigenvalue weighted by Gasteiger charge is 2.16. The number of carbonyl (C=O) groups is 1. The van der Waals surface area contributed by atoms with E-state index in [0.29, 0.717) is 24.6 Å². The van der Waals surface area contributed by atoms with Gasteiger partial charge in [-0.15, -0.1) is 0 Å². The van der Waals surface area contributed by atoms with E-state index < -0.39 is 0 Å². The minimum absolute atomic E-state index is 0.0692. The largest absolute Gasteiger partial charge is 0.376 e. The Labute approximate surface area is 172 Å². The lowest BCUT2D eigenvalue weighted by atomic mass is 10.1. The average Bonchev–Trinajstić information content (AvgIpc) is 3.29. The Balaban J connectivity index is 1.44. The molecular formula is C22H29N5O2. The summed E-state index contributed by atoms with van der Waals surface area (Å²) in [5.41, 5.74) is 2.71. The zero-order valence-electron chi connectivity index (χ0n) is 16.9. The molecule has 3 N–H and O–H groups in total. The molecule has 1 aromatic carbocycles. The molecule has 3 rings (SSSR count). The van der Waals surface area contributed by atoms with E-state index in [1.165, 1.54) is 0 Å². The van der Waals surface area contributed by atoms with Crippen molar-refractivity contribution in [2.75, 3.05) is 26.7 Å². The summed E-state index contributed by atoms with van der Waals surface area (Å²) in [6.45, 7) is 2.67. The summed E-state index contributed by atoms with van der Waals surface area (Å²) >= 11 is 0. The van der Waals surface area contributed by atoms with Crippen LogP contribution in [-0.4, -0.2) is 49.7 Å². The summed E-state index contributed by atoms with van der Waals surface area (Å²) < 4.78 is 5.55. The number of hydrogen-bond donors (Lipinski definition) is 3. The summed E-state index contributed by atoms with van der Waals surface area (Å²) in [5.74, 6) is 0.648. The number of benzene rings is 1. The van der Waals surface area contributed by atoms with Crippen molar-refractivity contribution in [1.29, 1.82) is 0 Å². The van der Waals surface area contributed by atoms with E-state index in [2.05, 4.69) is 25.9 Å². The van der Waals surface area contributed by atoms with Gasteiger partial charge in [-0.25, -0.2) is 0 Å². The minimum Gasteiger partial charge on any atom is -0.376 e. The predicted octanol–water partition coefficient (Wildman–Crippen LogP) is 1.90. The van der Waals surface area contributed by atoms with Gasteiger partial charge in [0.2, 0.25) is 0 Å². The van der Waals surface area contributed by atoms with Crippen molar-refractivity contribution in [2.24, 2.45) is 4.99 Å². The van der Waals surface area contributed by atoms with Crippen molar-refractivity contribution in [1.82, 2.24) is 20.9 Å². The maximum absolute atomic E-state index is 12.4. The van der Waals surface area contributed by atoms with E-state index in [1.807, 2.05) is 42.5 Å². The van der Waals surface area contributed by atoms with Crippen LogP contribution in [0, 0.1) is 0 Å². The van der Waals surface area contributed by atoms with Crippen LogP contribution in [0.2, 0.25) is 0 Å². The second kappa shape index (κ2) is 11.2. The summed E-state index contributed by atoms with van der Waals surface area (Å²) in [4.78, 5) is 21.0. The Morgan fingerprint density at radius 2 is 2.14 bits per heavy atom. The number of pyridine rings is 1. The molecule has 0 saturated carbocycles. The molecule has 2 aromatic rings. The molecule has 1 fully saturated rings. The molecule has 0 bridgehead atoms. The molecule has 1 aromatic heterocycles. The van der Waals surface area contributed by atoms with Crippen LogP contribution < -0.4 is 16.0 Å². The lowest BCUT2D eigenvalue weighted by Gasteiger charge is -2.13. The molecule has 29 heavy (non-hydrogen) atoms. The number of aliphatic imine (C=N–C) groups is 1. The van der Waals surface area contributed by atoms with E-state index in [9.17, 15) is 4.79 Å². The van der Waals surface area contributed by atoms with E-state index in [-0.39, 0.29) is 12.0 Å². The Kier molecular flexibility index (Phi) is 8.01. The van der Waals surface area contributed by atoms with Crippen LogP contribution in [-0.2, 0) is 17.7 Å². The molecule has 1 atom stereocenters. The van der Waals surface area contributed by atoms with Gasteiger partial charge in [0.15, 0.2) is 5.96 Å². The highest BCUT2D eigenvalue weighted by atomic mass is 16.5. The predicted molar refractivity (Wildman–Crippen MR) is 114 cm³/mol. The van der Waals surface area contributed by atoms with Crippen molar-refractivity contribution >= 4 is 11.9 Å². The first kappa shape index (κ1) is 20.8. The molecule has 1 saturated heterocycles. The Bertz CT molecular complexity index is 804. The molecule has 7 nitrogen and oxygen atoms in total. The number of rotatable bonds is 8. The van der Waals surface area contributed by atoms with Crippen molar-refractivity contribution < 1.29 is 9.53 Å². The number of aromatic nitrogens is 1. The zero-order chi connectivity index (χ0) is 20.3. The van der Waals surface area contributed by atoms with Crippen LogP contribution in [0.25, 0.3) is 0 Å². The first-order valence-electron chi connectivity index (χ1n) is 10.1. The first-order chi connectivity index (χ1) is 14.2. The lowest BCUT2D eigenvalue weighted by molar-refractivity contribution is 0.0857. The van der Waals surface area contributed by atoms with Gasteiger partial charge in [-0.3, -0.25) is 14.8 Å². The second-order valence-electron chi connectivity index (χ2n) is 6.97. The van der Waals surface area contributed by atoms with Gasteiger partial charge >= 0.3 is 0 Å². The van der Waals surface area contributed by atoms with Gasteiger partial charge in [0, 0.05) is 57.2 Å². The number of amides is 1. The molecule has 1 aliphatic rings. The molecule has 1 unspecified atom stereocenters. The molecular weight excluding hydrogens is 366 g/mol. The molecule has 2 heterocycles. The molecule has 0 spiro atoms. The zero-order valence-corrected chi connectivity index (χ0v) is 16.9. The van der Waals surface area contributed by atoms with E-state index in [1.54, 1.807) is 13.2 Å². The van der Waals surface area contributed by atoms with Gasteiger partial charge in [0.1, 0.15) is 0 Å². The summed E-state index contributed by atoms with van der Waals surface area (Å²) in [6, 6.07) is 13.5. The Morgan fingerprint density at radius 3 is 2.90 bits per heavy atom. The maximum atomic E-state index is 12.4. The summed E-state index contributed by atoms with van der Waals surface area (Å²) in [5, 5.41) is 9.53. The SMILES string of the molecule is CN=C(NCCc1ccccn1)NCc1cccc(C(=O)NCC2CCCO2)c1. The number of guanidine groups is 1. The van der Waals surface area contributed by atoms with Gasteiger partial charge in [-0.05, 0) is 42.7 Å². The quantitative estimate of drug-likeness (QED) is 0.469. The maximum Gasteiger partial charge on any atom is 0.251 e. The molecule has 154 valence electrons. The van der Waals surface area contributed by atoms with Crippen LogP contribution in [0.15, 0.2) is 53.7 Å². The number of nitrogens with one attached hydrogen (secondary N) is 3. The van der Waals surface area contributed by atoms with E-state index >= 15 is 0 Å². The van der Waals surface area contributed by atoms with Gasteiger partial charge in [0.05, 0.1) is 6.10 Å². The second-order valence-corrected chi connectivity index (χ2v) is 6.97. The fraction of sp³-hybridized carbons (Fsp3) is 0.409. The number of nitrogens with zero attached hydrogens (tertiary/aromatic N) is 2. The molecule has 0 radical (unpaired) electrons. The molecule has 1 amide bonds. The summed E-state index contributed by atoms with van der Waals surface area (Å²) in [6.07, 6.45) is 4.84. The fourth-order valence-corrected chi connectivity index (χ4v) is 3.20. The fourth-order valence-electron chi connectivity index (χ4n) is 3.20. The third-order valence-electron chi connectivity index (χ3n) is 4.79. The van der Waals surface area contributed by atoms with Crippen molar-refractivity contribution in [3.8, 4) is 0 Å². The Morgan fingerprint density at radius 1 is 1.21 bits per heavy atom. The highest BCUT2D eigenvalue weighted by molar-refractivity contribution is 5.94. The van der Waals surface area contributed by atoms with Crippen molar-refractivity contribution in [3.05, 3.63) is 65.5 Å². The minimum atomic E-state index is -0.0692. The summed E-state index contributed by atoms with van der Waals surface area (Å²) in [7, 11) is 1.74. The highest BCUT2D eigenvalue weighted by Crippen LogP contribution is 2.11. The monoisotopic (exact) mass is 395 g/mol. The van der Waals surface area contributed by atoms with E-state index in [0.717, 1.165) is 43.7 Å². The number of hydrogen-bond acceptors (Lipinski definition) is 4. The molecule has 0 aliphatic carbocycles. The van der Waals surface area contributed by atoms with Crippen molar-refractivity contribution in [2.45, 2.75) is 31.9 Å². The molecule has 1 aliphatic heterocycles. The third-order valence-corrected chi connectivity index (χ3v) is 4.79. The lowest BCUT2D eigenvalue weighted by Crippen LogP contribution is -2.38. The van der Waals surface area contributed by atoms with Crippen LogP contribution in [0.3, 0.4) is 0 Å². The number of ether oxygens (including phenoxy) is 1. The van der Waals surface area contributed by atoms with Crippen LogP contribution in [0.4, 0.5) is 0 Å². The average molecular weight is 396 g/mol. The van der Waals surface area contributed by atoms with Gasteiger partial charge in [0.25, 0.3) is 5.91 Å². The van der Waals surface area contributed by atoms with Crippen LogP contribution in [0.1, 0.15) is 34.5 Å². The standard InChI is InChI=1S/C22H29N5O2/c1-23-22(25-12-10-19-8-2-3-11-24-19)27-15-17-6-4-7-18(14-17)21(28)26-16-20-9-5-13-29-20/h2-4,6-8,11,14,20H,5,9-10,12-13,15-16H2,1H3,(H,26,28)(H2,23,25,27). The van der Waals surface area contributed by atoms with Crippen LogP contribution >= 0.6 is 0 Å². The van der Waals surface area contributed by atoms with Crippen molar-refractivity contribution in [3.63, 3.8) is 0 Å². The van der Waals surface area contributed by atoms with Gasteiger partial charge < -0.3 is 20.7 Å². The van der Waals surface area contributed by atoms with Crippen LogP contribution in [0.5, 0.6) is 0 Å². The third kappa shape index (κ3) is 6.87. The Hall–Kier alpha value is -2.93. The molecule has 7 heteroatoms. The number of carbonyl (C=O) groups excluding carboxylic acids is 1. The van der Waals surface area contributed by atoms with Gasteiger partial charge in [-0.1, -0.05) is 18.2 Å². The van der Waals surface area contributed by atoms with E-state index in [4.69, 9.17) is 4.74 Å². The van der Waals surface area contributed by atoms with Gasteiger partial charge in [-0.2, -0.15) is 0 Å². The smallest absolute Gasteiger partial charge is 0.251 e. The first-order valence-corrected chi connectivity index (χ1v) is 10.1. The topological polar surface area (TPSA) is 87.6 Å².